The Balaban J connectivity index is 0.00000312. The molecule has 0 radical (unpaired) electrons. The maximum Gasteiger partial charge on any atom is 0.227 e. The summed E-state index contributed by atoms with van der Waals surface area (Å²) in [7, 11) is 5.43. The number of aliphatic imine (C=N–C) groups is 1. The highest BCUT2D eigenvalue weighted by Gasteiger charge is 2.27. The molecule has 25 heavy (non-hydrogen) atoms. The minimum atomic E-state index is -0.494. The monoisotopic (exact) mass is 479 g/mol. The van der Waals surface area contributed by atoms with Crippen molar-refractivity contribution in [1.29, 1.82) is 0 Å². The first-order valence-electron chi connectivity index (χ1n) is 8.49. The van der Waals surface area contributed by atoms with Crippen LogP contribution in [0, 0.1) is 5.41 Å². The molecule has 0 unspecified atom stereocenters. The maximum absolute atomic E-state index is 11.9. The van der Waals surface area contributed by atoms with Gasteiger partial charge in [0.1, 0.15) is 5.01 Å². The zero-order chi connectivity index (χ0) is 17.7. The van der Waals surface area contributed by atoms with Crippen molar-refractivity contribution in [3.05, 3.63) is 15.6 Å². The minimum absolute atomic E-state index is 0. The van der Waals surface area contributed by atoms with Crippen molar-refractivity contribution in [3.63, 3.8) is 0 Å². The van der Waals surface area contributed by atoms with Crippen molar-refractivity contribution in [2.45, 2.75) is 46.1 Å². The van der Waals surface area contributed by atoms with Gasteiger partial charge in [-0.3, -0.25) is 9.79 Å². The Kier molecular flexibility index (Phi) is 8.59. The van der Waals surface area contributed by atoms with Gasteiger partial charge in [0.05, 0.1) is 17.7 Å². The number of nitrogens with one attached hydrogen (secondary N) is 2. The van der Waals surface area contributed by atoms with E-state index in [4.69, 9.17) is 4.98 Å². The van der Waals surface area contributed by atoms with Gasteiger partial charge in [-0.15, -0.1) is 35.3 Å². The minimum Gasteiger partial charge on any atom is -0.359 e. The summed E-state index contributed by atoms with van der Waals surface area (Å²) < 4.78 is 0. The van der Waals surface area contributed by atoms with E-state index in [9.17, 15) is 4.79 Å². The summed E-state index contributed by atoms with van der Waals surface area (Å²) in [5.41, 5.74) is 0.796. The second kappa shape index (κ2) is 9.70. The van der Waals surface area contributed by atoms with Gasteiger partial charge in [-0.05, 0) is 39.5 Å². The van der Waals surface area contributed by atoms with Crippen molar-refractivity contribution in [3.8, 4) is 0 Å². The lowest BCUT2D eigenvalue weighted by Crippen LogP contribution is -2.47. The molecular formula is C17H30IN5OS. The third kappa shape index (κ3) is 5.80. The third-order valence-corrected chi connectivity index (χ3v) is 5.51. The summed E-state index contributed by atoms with van der Waals surface area (Å²) in [6, 6.07) is 0. The Labute approximate surface area is 171 Å². The van der Waals surface area contributed by atoms with E-state index < -0.39 is 5.41 Å². The number of hydrogen-bond donors (Lipinski definition) is 2. The van der Waals surface area contributed by atoms with Crippen molar-refractivity contribution in [2.24, 2.45) is 10.4 Å². The molecule has 0 fully saturated rings. The number of nitrogens with zero attached hydrogens (tertiary/aromatic N) is 3. The number of amides is 1. The molecule has 0 bridgehead atoms. The Hall–Kier alpha value is -0.900. The highest BCUT2D eigenvalue weighted by molar-refractivity contribution is 14.0. The summed E-state index contributed by atoms with van der Waals surface area (Å²) in [4.78, 5) is 24.5. The summed E-state index contributed by atoms with van der Waals surface area (Å²) >= 11 is 1.82. The SMILES string of the molecule is CN=C(NCC(C)(C)C(=O)NC)N(C)Cc1nc2c(s1)CCCC2.I. The van der Waals surface area contributed by atoms with Crippen LogP contribution in [0.5, 0.6) is 0 Å². The van der Waals surface area contributed by atoms with Gasteiger partial charge in [0, 0.05) is 32.6 Å². The number of hydrogen-bond acceptors (Lipinski definition) is 4. The molecule has 0 spiro atoms. The van der Waals surface area contributed by atoms with Gasteiger partial charge in [0.25, 0.3) is 0 Å². The van der Waals surface area contributed by atoms with Crippen LogP contribution >= 0.6 is 35.3 Å². The summed E-state index contributed by atoms with van der Waals surface area (Å²) in [6.45, 7) is 5.10. The molecule has 1 amide bonds. The molecule has 0 aromatic carbocycles. The first kappa shape index (κ1) is 22.1. The highest BCUT2D eigenvalue weighted by Crippen LogP contribution is 2.27. The number of carbonyl (C=O) groups excluding carboxylic acids is 1. The Morgan fingerprint density at radius 3 is 2.64 bits per heavy atom. The van der Waals surface area contributed by atoms with Gasteiger partial charge in [-0.25, -0.2) is 4.98 Å². The van der Waals surface area contributed by atoms with E-state index >= 15 is 0 Å². The Morgan fingerprint density at radius 1 is 1.36 bits per heavy atom. The number of aromatic nitrogens is 1. The van der Waals surface area contributed by atoms with Crippen LogP contribution in [-0.4, -0.2) is 49.4 Å². The van der Waals surface area contributed by atoms with Crippen LogP contribution < -0.4 is 10.6 Å². The lowest BCUT2D eigenvalue weighted by molar-refractivity contribution is -0.128. The number of thiazole rings is 1. The molecule has 1 aliphatic carbocycles. The standard InChI is InChI=1S/C17H29N5OS.HI/c1-17(2,15(23)18-3)11-20-16(19-4)22(5)10-14-21-12-8-6-7-9-13(12)24-14;/h6-11H2,1-5H3,(H,18,23)(H,19,20);1H. The fourth-order valence-corrected chi connectivity index (χ4v) is 4.06. The normalized spacial score (nSPS) is 14.4. The van der Waals surface area contributed by atoms with E-state index in [0.717, 1.165) is 23.9 Å². The molecule has 0 atom stereocenters. The second-order valence-corrected chi connectivity index (χ2v) is 8.07. The van der Waals surface area contributed by atoms with Crippen LogP contribution in [0.15, 0.2) is 4.99 Å². The predicted octanol–water partition coefficient (Wildman–Crippen LogP) is 2.42. The molecule has 142 valence electrons. The highest BCUT2D eigenvalue weighted by atomic mass is 127. The van der Waals surface area contributed by atoms with Crippen LogP contribution in [0.3, 0.4) is 0 Å². The van der Waals surface area contributed by atoms with Gasteiger partial charge < -0.3 is 15.5 Å². The Bertz CT molecular complexity index is 591. The second-order valence-electron chi connectivity index (χ2n) is 6.90. The van der Waals surface area contributed by atoms with Gasteiger partial charge in [-0.2, -0.15) is 0 Å². The lowest BCUT2D eigenvalue weighted by Gasteiger charge is -2.27. The van der Waals surface area contributed by atoms with E-state index in [1.165, 1.54) is 29.8 Å². The predicted molar refractivity (Wildman–Crippen MR) is 115 cm³/mol. The van der Waals surface area contributed by atoms with Gasteiger partial charge in [0.15, 0.2) is 5.96 Å². The quantitative estimate of drug-likeness (QED) is 0.387. The van der Waals surface area contributed by atoms with Crippen LogP contribution in [0.2, 0.25) is 0 Å². The zero-order valence-corrected chi connectivity index (χ0v) is 19.0. The number of guanidine groups is 1. The molecular weight excluding hydrogens is 449 g/mol. The molecule has 6 nitrogen and oxygen atoms in total. The average molecular weight is 479 g/mol. The number of carbonyl (C=O) groups is 1. The van der Waals surface area contributed by atoms with E-state index in [2.05, 4.69) is 20.5 Å². The van der Waals surface area contributed by atoms with Crippen molar-refractivity contribution < 1.29 is 4.79 Å². The largest absolute Gasteiger partial charge is 0.359 e. The van der Waals surface area contributed by atoms with Gasteiger partial charge in [-0.1, -0.05) is 0 Å². The molecule has 0 saturated heterocycles. The fraction of sp³-hybridized carbons (Fsp3) is 0.706. The van der Waals surface area contributed by atoms with Crippen LogP contribution in [0.4, 0.5) is 0 Å². The van der Waals surface area contributed by atoms with Gasteiger partial charge in [0.2, 0.25) is 5.91 Å². The summed E-state index contributed by atoms with van der Waals surface area (Å²) in [6.07, 6.45) is 4.82. The summed E-state index contributed by atoms with van der Waals surface area (Å²) in [5.74, 6) is 0.792. The molecule has 0 aliphatic heterocycles. The number of aryl methyl sites for hydroxylation is 2. The molecule has 1 aromatic heterocycles. The number of halogens is 1. The van der Waals surface area contributed by atoms with E-state index in [1.54, 1.807) is 14.1 Å². The molecule has 8 heteroatoms. The topological polar surface area (TPSA) is 69.6 Å². The molecule has 1 heterocycles. The average Bonchev–Trinajstić information content (AvgIpc) is 2.96. The molecule has 0 saturated carbocycles. The van der Waals surface area contributed by atoms with Gasteiger partial charge >= 0.3 is 0 Å². The zero-order valence-electron chi connectivity index (χ0n) is 15.8. The van der Waals surface area contributed by atoms with Crippen LogP contribution in [0.25, 0.3) is 0 Å². The number of rotatable bonds is 5. The maximum atomic E-state index is 11.9. The molecule has 2 N–H and O–H groups in total. The fourth-order valence-electron chi connectivity index (χ4n) is 2.85. The lowest BCUT2D eigenvalue weighted by atomic mass is 9.92. The summed E-state index contributed by atoms with van der Waals surface area (Å²) in [5, 5.41) is 7.14. The Morgan fingerprint density at radius 2 is 2.04 bits per heavy atom. The molecule has 1 aliphatic rings. The first-order chi connectivity index (χ1) is 11.4. The molecule has 1 aromatic rings. The van der Waals surface area contributed by atoms with Crippen LogP contribution in [0.1, 0.15) is 42.3 Å². The smallest absolute Gasteiger partial charge is 0.227 e. The third-order valence-electron chi connectivity index (χ3n) is 4.37. The van der Waals surface area contributed by atoms with E-state index in [1.807, 2.05) is 32.2 Å². The number of fused-ring (bicyclic) bond motifs is 1. The molecule has 2 rings (SSSR count). The van der Waals surface area contributed by atoms with Crippen LogP contribution in [-0.2, 0) is 24.2 Å². The first-order valence-corrected chi connectivity index (χ1v) is 9.30. The van der Waals surface area contributed by atoms with E-state index in [-0.39, 0.29) is 29.9 Å². The van der Waals surface area contributed by atoms with E-state index in [0.29, 0.717) is 6.54 Å². The van der Waals surface area contributed by atoms with Crippen molar-refractivity contribution in [1.82, 2.24) is 20.5 Å². The van der Waals surface area contributed by atoms with Crippen molar-refractivity contribution in [2.75, 3.05) is 27.7 Å². The van der Waals surface area contributed by atoms with Crippen molar-refractivity contribution >= 4 is 47.2 Å².